The summed E-state index contributed by atoms with van der Waals surface area (Å²) in [5, 5.41) is 12.2. The first kappa shape index (κ1) is 12.6. The molecule has 2 aliphatic rings. The second-order valence-corrected chi connectivity index (χ2v) is 6.26. The van der Waals surface area contributed by atoms with Crippen LogP contribution in [0.25, 0.3) is 11.4 Å². The predicted octanol–water partition coefficient (Wildman–Crippen LogP) is 2.12. The molecule has 4 rings (SSSR count). The van der Waals surface area contributed by atoms with Gasteiger partial charge in [0.2, 0.25) is 0 Å². The van der Waals surface area contributed by atoms with Gasteiger partial charge in [-0.25, -0.2) is 4.68 Å². The van der Waals surface area contributed by atoms with Gasteiger partial charge in [0, 0.05) is 5.69 Å². The van der Waals surface area contributed by atoms with Crippen LogP contribution in [-0.2, 0) is 6.54 Å². The molecule has 6 heteroatoms. The van der Waals surface area contributed by atoms with E-state index in [-0.39, 0.29) is 0 Å². The van der Waals surface area contributed by atoms with Crippen molar-refractivity contribution in [3.8, 4) is 17.1 Å². The number of rotatable bonds is 5. The number of hydrogen-bond donors (Lipinski definition) is 1. The van der Waals surface area contributed by atoms with Crippen LogP contribution in [0.5, 0.6) is 5.75 Å². The van der Waals surface area contributed by atoms with Gasteiger partial charge in [-0.15, -0.1) is 5.10 Å². The second-order valence-electron chi connectivity index (χ2n) is 6.26. The molecule has 0 aliphatic heterocycles. The number of ether oxygens (including phenoxy) is 1. The van der Waals surface area contributed by atoms with Gasteiger partial charge in [0.05, 0.1) is 19.2 Å². The first-order valence-electron chi connectivity index (χ1n) is 7.42. The van der Waals surface area contributed by atoms with Crippen LogP contribution in [0.2, 0.25) is 0 Å². The highest BCUT2D eigenvalue weighted by molar-refractivity contribution is 5.68. The minimum atomic E-state index is 0.442. The van der Waals surface area contributed by atoms with Crippen molar-refractivity contribution in [2.45, 2.75) is 32.2 Å². The fourth-order valence-corrected chi connectivity index (χ4v) is 3.25. The Kier molecular flexibility index (Phi) is 2.67. The normalized spacial score (nSPS) is 19.5. The van der Waals surface area contributed by atoms with Crippen LogP contribution >= 0.6 is 0 Å². The average molecular weight is 285 g/mol. The van der Waals surface area contributed by atoms with Crippen molar-refractivity contribution in [1.82, 2.24) is 20.2 Å². The number of nitrogens with two attached hydrogens (primary N) is 1. The third kappa shape index (κ3) is 2.14. The number of methoxy groups -OCH3 is 1. The Labute approximate surface area is 123 Å². The monoisotopic (exact) mass is 285 g/mol. The van der Waals surface area contributed by atoms with E-state index < -0.39 is 0 Å². The van der Waals surface area contributed by atoms with Crippen molar-refractivity contribution in [1.29, 1.82) is 0 Å². The lowest BCUT2D eigenvalue weighted by atomic mass is 10.0. The Morgan fingerprint density at radius 3 is 2.86 bits per heavy atom. The summed E-state index contributed by atoms with van der Waals surface area (Å²) in [7, 11) is 1.65. The first-order valence-corrected chi connectivity index (χ1v) is 7.42. The van der Waals surface area contributed by atoms with E-state index in [1.165, 1.54) is 25.7 Å². The quantitative estimate of drug-likeness (QED) is 0.851. The van der Waals surface area contributed by atoms with Crippen LogP contribution in [0.3, 0.4) is 0 Å². The van der Waals surface area contributed by atoms with Crippen LogP contribution in [0.4, 0.5) is 5.69 Å². The van der Waals surface area contributed by atoms with Gasteiger partial charge in [0.1, 0.15) is 5.75 Å². The van der Waals surface area contributed by atoms with Gasteiger partial charge in [-0.05, 0) is 65.6 Å². The third-order valence-electron chi connectivity index (χ3n) is 4.80. The lowest BCUT2D eigenvalue weighted by Crippen LogP contribution is -2.16. The van der Waals surface area contributed by atoms with Crippen molar-refractivity contribution in [3.63, 3.8) is 0 Å². The summed E-state index contributed by atoms with van der Waals surface area (Å²) in [6, 6.07) is 5.55. The van der Waals surface area contributed by atoms with Crippen molar-refractivity contribution >= 4 is 5.69 Å². The molecule has 0 saturated heterocycles. The molecule has 1 aromatic carbocycles. The van der Waals surface area contributed by atoms with E-state index in [2.05, 4.69) is 15.5 Å². The van der Waals surface area contributed by atoms with Gasteiger partial charge in [0.25, 0.3) is 0 Å². The van der Waals surface area contributed by atoms with Gasteiger partial charge in [-0.2, -0.15) is 0 Å². The SMILES string of the molecule is COc1ccc(N)cc1-c1nnnn1CC1(C2CC2)CC1. The maximum atomic E-state index is 5.90. The van der Waals surface area contributed by atoms with E-state index >= 15 is 0 Å². The molecule has 2 saturated carbocycles. The maximum absolute atomic E-state index is 5.90. The lowest BCUT2D eigenvalue weighted by Gasteiger charge is -2.15. The molecule has 1 aromatic heterocycles. The topological polar surface area (TPSA) is 78.8 Å². The van der Waals surface area contributed by atoms with Crippen molar-refractivity contribution in [2.24, 2.45) is 11.3 Å². The zero-order valence-corrected chi connectivity index (χ0v) is 12.1. The molecule has 0 bridgehead atoms. The zero-order chi connectivity index (χ0) is 14.4. The standard InChI is InChI=1S/C15H19N5O/c1-21-13-5-4-11(16)8-12(13)14-17-18-19-20(14)9-15(6-7-15)10-2-3-10/h4-5,8,10H,2-3,6-7,9,16H2,1H3. The summed E-state index contributed by atoms with van der Waals surface area (Å²) in [4.78, 5) is 0. The fourth-order valence-electron chi connectivity index (χ4n) is 3.25. The fraction of sp³-hybridized carbons (Fsp3) is 0.533. The highest BCUT2D eigenvalue weighted by atomic mass is 16.5. The molecular weight excluding hydrogens is 266 g/mol. The Balaban J connectivity index is 1.70. The molecule has 6 nitrogen and oxygen atoms in total. The Bertz CT molecular complexity index is 672. The van der Waals surface area contributed by atoms with Crippen LogP contribution in [0.1, 0.15) is 25.7 Å². The summed E-state index contributed by atoms with van der Waals surface area (Å²) < 4.78 is 7.34. The summed E-state index contributed by atoms with van der Waals surface area (Å²) >= 11 is 0. The van der Waals surface area contributed by atoms with Gasteiger partial charge in [-0.1, -0.05) is 0 Å². The lowest BCUT2D eigenvalue weighted by molar-refractivity contribution is 0.348. The van der Waals surface area contributed by atoms with Gasteiger partial charge < -0.3 is 10.5 Å². The van der Waals surface area contributed by atoms with E-state index in [1.807, 2.05) is 22.9 Å². The van der Waals surface area contributed by atoms with E-state index in [0.29, 0.717) is 11.1 Å². The van der Waals surface area contributed by atoms with E-state index in [9.17, 15) is 0 Å². The van der Waals surface area contributed by atoms with Crippen LogP contribution < -0.4 is 10.5 Å². The van der Waals surface area contributed by atoms with E-state index in [4.69, 9.17) is 10.5 Å². The van der Waals surface area contributed by atoms with Gasteiger partial charge >= 0.3 is 0 Å². The molecule has 0 unspecified atom stereocenters. The largest absolute Gasteiger partial charge is 0.496 e. The van der Waals surface area contributed by atoms with Crippen LogP contribution in [-0.4, -0.2) is 27.3 Å². The average Bonchev–Trinajstić information content (AvgIpc) is 3.38. The predicted molar refractivity (Wildman–Crippen MR) is 78.6 cm³/mol. The number of anilines is 1. The smallest absolute Gasteiger partial charge is 0.185 e. The Morgan fingerprint density at radius 1 is 1.38 bits per heavy atom. The number of benzene rings is 1. The van der Waals surface area contributed by atoms with Crippen LogP contribution in [0.15, 0.2) is 18.2 Å². The number of tetrazole rings is 1. The summed E-state index contributed by atoms with van der Waals surface area (Å²) in [5.74, 6) is 2.36. The summed E-state index contributed by atoms with van der Waals surface area (Å²) in [6.07, 6.45) is 5.31. The highest BCUT2D eigenvalue weighted by Gasteiger charge is 2.54. The molecule has 1 heterocycles. The Hall–Kier alpha value is -2.11. The van der Waals surface area contributed by atoms with Gasteiger partial charge in [-0.3, -0.25) is 0 Å². The summed E-state index contributed by atoms with van der Waals surface area (Å²) in [6.45, 7) is 0.901. The zero-order valence-electron chi connectivity index (χ0n) is 12.1. The number of hydrogen-bond acceptors (Lipinski definition) is 5. The molecule has 2 aromatic rings. The van der Waals surface area contributed by atoms with Crippen molar-refractivity contribution in [3.05, 3.63) is 18.2 Å². The molecule has 0 amide bonds. The summed E-state index contributed by atoms with van der Waals surface area (Å²) in [5.41, 5.74) is 7.88. The molecule has 0 spiro atoms. The van der Waals surface area contributed by atoms with Crippen LogP contribution in [0, 0.1) is 11.3 Å². The molecule has 2 N–H and O–H groups in total. The maximum Gasteiger partial charge on any atom is 0.185 e. The molecule has 21 heavy (non-hydrogen) atoms. The number of nitrogen functional groups attached to an aromatic ring is 1. The molecule has 0 atom stereocenters. The Morgan fingerprint density at radius 2 is 2.19 bits per heavy atom. The minimum absolute atomic E-state index is 0.442. The number of nitrogens with zero attached hydrogens (tertiary/aromatic N) is 4. The first-order chi connectivity index (χ1) is 10.2. The highest BCUT2D eigenvalue weighted by Crippen LogP contribution is 2.62. The van der Waals surface area contributed by atoms with Crippen molar-refractivity contribution < 1.29 is 4.74 Å². The second kappa shape index (κ2) is 4.44. The van der Waals surface area contributed by atoms with Crippen molar-refractivity contribution in [2.75, 3.05) is 12.8 Å². The third-order valence-corrected chi connectivity index (χ3v) is 4.80. The molecular formula is C15H19N5O. The molecule has 2 fully saturated rings. The molecule has 110 valence electrons. The van der Waals surface area contributed by atoms with E-state index in [0.717, 1.165) is 29.6 Å². The molecule has 0 radical (unpaired) electrons. The minimum Gasteiger partial charge on any atom is -0.496 e. The van der Waals surface area contributed by atoms with Gasteiger partial charge in [0.15, 0.2) is 5.82 Å². The molecule has 2 aliphatic carbocycles. The number of aromatic nitrogens is 4. The van der Waals surface area contributed by atoms with E-state index in [1.54, 1.807) is 7.11 Å².